The van der Waals surface area contributed by atoms with Crippen molar-refractivity contribution >= 4 is 28.7 Å². The van der Waals surface area contributed by atoms with Crippen molar-refractivity contribution in [3.8, 4) is 11.5 Å². The van der Waals surface area contributed by atoms with Gasteiger partial charge in [-0.3, -0.25) is 0 Å². The second kappa shape index (κ2) is 5.04. The summed E-state index contributed by atoms with van der Waals surface area (Å²) in [5.41, 5.74) is 0. The van der Waals surface area contributed by atoms with Gasteiger partial charge in [0.15, 0.2) is 11.5 Å². The van der Waals surface area contributed by atoms with E-state index in [0.717, 1.165) is 3.57 Å². The van der Waals surface area contributed by atoms with Crippen molar-refractivity contribution in [1.82, 2.24) is 0 Å². The lowest BCUT2D eigenvalue weighted by Crippen LogP contribution is -2.08. The number of halogens is 1. The molecule has 0 unspecified atom stereocenters. The van der Waals surface area contributed by atoms with Crippen LogP contribution in [0.25, 0.3) is 0 Å². The number of hydrogen-bond acceptors (Lipinski definition) is 4. The minimum atomic E-state index is -0.760. The maximum absolute atomic E-state index is 10.8. The van der Waals surface area contributed by atoms with Gasteiger partial charge in [-0.15, -0.1) is 0 Å². The summed E-state index contributed by atoms with van der Waals surface area (Å²) < 4.78 is 15.2. The second-order valence-electron chi connectivity index (χ2n) is 2.35. The molecule has 1 aromatic carbocycles. The summed E-state index contributed by atoms with van der Waals surface area (Å²) in [7, 11) is 2.76. The first-order chi connectivity index (χ1) is 6.67. The molecular formula is C9H9IO4. The fourth-order valence-corrected chi connectivity index (χ4v) is 1.32. The molecule has 0 saturated carbocycles. The molecule has 76 valence electrons. The van der Waals surface area contributed by atoms with Crippen LogP contribution in [0.3, 0.4) is 0 Å². The van der Waals surface area contributed by atoms with Gasteiger partial charge in [0, 0.05) is 3.57 Å². The molecule has 0 aromatic heterocycles. The smallest absolute Gasteiger partial charge is 0.493 e. The number of carbonyl (C=O) groups excluding carboxylic acids is 1. The van der Waals surface area contributed by atoms with E-state index in [1.54, 1.807) is 18.2 Å². The van der Waals surface area contributed by atoms with Crippen LogP contribution >= 0.6 is 22.6 Å². The first-order valence-electron chi connectivity index (χ1n) is 3.76. The van der Waals surface area contributed by atoms with Crippen LogP contribution in [-0.4, -0.2) is 20.4 Å². The van der Waals surface area contributed by atoms with E-state index in [1.807, 2.05) is 0 Å². The first kappa shape index (κ1) is 11.1. The normalized spacial score (nSPS) is 9.36. The fraction of sp³-hybridized carbons (Fsp3) is 0.222. The highest BCUT2D eigenvalue weighted by Gasteiger charge is 2.09. The molecule has 0 aliphatic heterocycles. The molecule has 0 atom stereocenters. The second-order valence-corrected chi connectivity index (χ2v) is 3.60. The maximum atomic E-state index is 10.8. The molecule has 0 N–H and O–H groups in total. The summed E-state index contributed by atoms with van der Waals surface area (Å²) >= 11 is 2.14. The summed E-state index contributed by atoms with van der Waals surface area (Å²) in [5, 5.41) is 0. The van der Waals surface area contributed by atoms with Crippen LogP contribution in [0, 0.1) is 3.57 Å². The van der Waals surface area contributed by atoms with Crippen LogP contribution in [0.2, 0.25) is 0 Å². The SMILES string of the molecule is COC(=O)Oc1ccc(I)cc1OC. The van der Waals surface area contributed by atoms with Gasteiger partial charge in [0.1, 0.15) is 0 Å². The average Bonchev–Trinajstić information content (AvgIpc) is 2.20. The molecule has 0 spiro atoms. The highest BCUT2D eigenvalue weighted by molar-refractivity contribution is 14.1. The van der Waals surface area contributed by atoms with Gasteiger partial charge in [-0.2, -0.15) is 0 Å². The molecule has 1 aromatic rings. The minimum absolute atomic E-state index is 0.347. The van der Waals surface area contributed by atoms with E-state index in [-0.39, 0.29) is 0 Å². The van der Waals surface area contributed by atoms with Crippen molar-refractivity contribution in [2.75, 3.05) is 14.2 Å². The molecule has 14 heavy (non-hydrogen) atoms. The van der Waals surface area contributed by atoms with Gasteiger partial charge in [-0.05, 0) is 40.8 Å². The van der Waals surface area contributed by atoms with Crippen LogP contribution in [0.15, 0.2) is 18.2 Å². The molecule has 0 heterocycles. The van der Waals surface area contributed by atoms with Crippen molar-refractivity contribution in [1.29, 1.82) is 0 Å². The Balaban J connectivity index is 2.90. The Morgan fingerprint density at radius 3 is 2.57 bits per heavy atom. The van der Waals surface area contributed by atoms with E-state index in [0.29, 0.717) is 11.5 Å². The average molecular weight is 308 g/mol. The molecule has 5 heteroatoms. The van der Waals surface area contributed by atoms with Gasteiger partial charge in [0.2, 0.25) is 0 Å². The molecule has 0 saturated heterocycles. The predicted octanol–water partition coefficient (Wildman–Crippen LogP) is 2.45. The van der Waals surface area contributed by atoms with E-state index in [9.17, 15) is 4.79 Å². The molecule has 0 aliphatic carbocycles. The first-order valence-corrected chi connectivity index (χ1v) is 4.84. The van der Waals surface area contributed by atoms with Crippen molar-refractivity contribution in [2.24, 2.45) is 0 Å². The fourth-order valence-electron chi connectivity index (χ4n) is 0.857. The van der Waals surface area contributed by atoms with Gasteiger partial charge >= 0.3 is 6.16 Å². The summed E-state index contributed by atoms with van der Waals surface area (Å²) in [6.45, 7) is 0. The topological polar surface area (TPSA) is 44.8 Å². The lowest BCUT2D eigenvalue weighted by molar-refractivity contribution is 0.120. The molecule has 0 radical (unpaired) electrons. The third kappa shape index (κ3) is 2.76. The van der Waals surface area contributed by atoms with Gasteiger partial charge in [-0.25, -0.2) is 4.79 Å². The lowest BCUT2D eigenvalue weighted by Gasteiger charge is -2.07. The molecule has 0 fully saturated rings. The summed E-state index contributed by atoms with van der Waals surface area (Å²) in [6.07, 6.45) is -0.760. The maximum Gasteiger partial charge on any atom is 0.513 e. The number of hydrogen-bond donors (Lipinski definition) is 0. The quantitative estimate of drug-likeness (QED) is 0.478. The summed E-state index contributed by atoms with van der Waals surface area (Å²) in [6, 6.07) is 5.22. The molecule has 0 aliphatic rings. The van der Waals surface area contributed by atoms with Crippen molar-refractivity contribution in [3.05, 3.63) is 21.8 Å². The van der Waals surface area contributed by atoms with E-state index in [4.69, 9.17) is 9.47 Å². The molecule has 0 amide bonds. The van der Waals surface area contributed by atoms with Crippen molar-refractivity contribution in [3.63, 3.8) is 0 Å². The monoisotopic (exact) mass is 308 g/mol. The van der Waals surface area contributed by atoms with E-state index in [2.05, 4.69) is 27.3 Å². The zero-order valence-electron chi connectivity index (χ0n) is 7.74. The molecular weight excluding hydrogens is 299 g/mol. The highest BCUT2D eigenvalue weighted by Crippen LogP contribution is 2.28. The third-order valence-electron chi connectivity index (χ3n) is 1.49. The van der Waals surface area contributed by atoms with E-state index >= 15 is 0 Å². The Bertz CT molecular complexity index is 338. The Morgan fingerprint density at radius 2 is 2.00 bits per heavy atom. The zero-order valence-corrected chi connectivity index (χ0v) is 9.90. The van der Waals surface area contributed by atoms with Gasteiger partial charge in [0.05, 0.1) is 14.2 Å². The molecule has 0 bridgehead atoms. The molecule has 1 rings (SSSR count). The Kier molecular flexibility index (Phi) is 3.99. The lowest BCUT2D eigenvalue weighted by atomic mass is 10.3. The Hall–Kier alpha value is -0.980. The number of ether oxygens (including phenoxy) is 3. The van der Waals surface area contributed by atoms with Gasteiger partial charge < -0.3 is 14.2 Å². The zero-order chi connectivity index (χ0) is 10.6. The number of carbonyl (C=O) groups is 1. The van der Waals surface area contributed by atoms with Crippen molar-refractivity contribution in [2.45, 2.75) is 0 Å². The van der Waals surface area contributed by atoms with E-state index in [1.165, 1.54) is 14.2 Å². The van der Waals surface area contributed by atoms with Crippen molar-refractivity contribution < 1.29 is 19.0 Å². The third-order valence-corrected chi connectivity index (χ3v) is 2.16. The van der Waals surface area contributed by atoms with Crippen LogP contribution in [-0.2, 0) is 4.74 Å². The van der Waals surface area contributed by atoms with Gasteiger partial charge in [-0.1, -0.05) is 0 Å². The van der Waals surface area contributed by atoms with Crippen LogP contribution in [0.4, 0.5) is 4.79 Å². The van der Waals surface area contributed by atoms with Crippen LogP contribution < -0.4 is 9.47 Å². The summed E-state index contributed by atoms with van der Waals surface area (Å²) in [5.74, 6) is 0.849. The summed E-state index contributed by atoms with van der Waals surface area (Å²) in [4.78, 5) is 10.8. The highest BCUT2D eigenvalue weighted by atomic mass is 127. The predicted molar refractivity (Wildman–Crippen MR) is 58.7 cm³/mol. The van der Waals surface area contributed by atoms with E-state index < -0.39 is 6.16 Å². The Morgan fingerprint density at radius 1 is 1.29 bits per heavy atom. The van der Waals surface area contributed by atoms with Crippen LogP contribution in [0.5, 0.6) is 11.5 Å². The minimum Gasteiger partial charge on any atom is -0.493 e. The number of methoxy groups -OCH3 is 2. The number of benzene rings is 1. The largest absolute Gasteiger partial charge is 0.513 e. The number of rotatable bonds is 2. The molecule has 4 nitrogen and oxygen atoms in total. The van der Waals surface area contributed by atoms with Crippen LogP contribution in [0.1, 0.15) is 0 Å². The standard InChI is InChI=1S/C9H9IO4/c1-12-8-5-6(10)3-4-7(8)14-9(11)13-2/h3-5H,1-2H3. The van der Waals surface area contributed by atoms with Gasteiger partial charge in [0.25, 0.3) is 0 Å². The Labute approximate surface area is 95.3 Å².